The second-order valence-electron chi connectivity index (χ2n) is 4.37. The molecule has 0 saturated heterocycles. The molecule has 15 heavy (non-hydrogen) atoms. The Morgan fingerprint density at radius 2 is 2.07 bits per heavy atom. The van der Waals surface area contributed by atoms with E-state index in [2.05, 4.69) is 35.6 Å². The number of nitrogens with zero attached hydrogens (tertiary/aromatic N) is 3. The highest BCUT2D eigenvalue weighted by Gasteiger charge is 2.23. The third kappa shape index (κ3) is 2.59. The quantitative estimate of drug-likeness (QED) is 0.744. The van der Waals surface area contributed by atoms with Crippen LogP contribution in [0.15, 0.2) is 6.20 Å². The maximum atomic E-state index is 5.81. The molecule has 4 heteroatoms. The summed E-state index contributed by atoms with van der Waals surface area (Å²) in [4.78, 5) is 10.4. The molecule has 0 amide bonds. The van der Waals surface area contributed by atoms with E-state index in [0.717, 1.165) is 17.8 Å². The summed E-state index contributed by atoms with van der Waals surface area (Å²) >= 11 is 5.81. The van der Waals surface area contributed by atoms with Crippen molar-refractivity contribution in [3.63, 3.8) is 0 Å². The molecule has 0 radical (unpaired) electrons. The van der Waals surface area contributed by atoms with E-state index in [-0.39, 0.29) is 5.54 Å². The van der Waals surface area contributed by atoms with E-state index < -0.39 is 0 Å². The van der Waals surface area contributed by atoms with Crippen LogP contribution in [0.4, 0.5) is 5.82 Å². The van der Waals surface area contributed by atoms with Gasteiger partial charge in [-0.2, -0.15) is 0 Å². The van der Waals surface area contributed by atoms with E-state index in [9.17, 15) is 0 Å². The van der Waals surface area contributed by atoms with Gasteiger partial charge in [0.25, 0.3) is 0 Å². The largest absolute Gasteiger partial charge is 0.354 e. The zero-order valence-electron chi connectivity index (χ0n) is 10.0. The number of hydrogen-bond acceptors (Lipinski definition) is 3. The highest BCUT2D eigenvalue weighted by Crippen LogP contribution is 2.26. The topological polar surface area (TPSA) is 29.0 Å². The van der Waals surface area contributed by atoms with E-state index in [1.807, 2.05) is 14.0 Å². The number of anilines is 1. The van der Waals surface area contributed by atoms with Gasteiger partial charge in [0, 0.05) is 24.3 Å². The third-order valence-electron chi connectivity index (χ3n) is 3.01. The Morgan fingerprint density at radius 3 is 2.60 bits per heavy atom. The lowest BCUT2D eigenvalue weighted by Crippen LogP contribution is -2.41. The van der Waals surface area contributed by atoms with Gasteiger partial charge in [-0.1, -0.05) is 6.92 Å². The van der Waals surface area contributed by atoms with Crippen LogP contribution < -0.4 is 4.90 Å². The summed E-state index contributed by atoms with van der Waals surface area (Å²) < 4.78 is 0. The summed E-state index contributed by atoms with van der Waals surface area (Å²) in [6, 6.07) is 0. The summed E-state index contributed by atoms with van der Waals surface area (Å²) in [6.45, 7) is 8.52. The molecule has 0 aliphatic carbocycles. The third-order valence-corrected chi connectivity index (χ3v) is 3.19. The van der Waals surface area contributed by atoms with E-state index in [1.54, 1.807) is 6.20 Å². The normalized spacial score (nSPS) is 11.6. The van der Waals surface area contributed by atoms with Gasteiger partial charge in [0.15, 0.2) is 0 Å². The molecule has 1 aromatic rings. The molecule has 1 rings (SSSR count). The first-order valence-corrected chi connectivity index (χ1v) is 5.49. The Labute approximate surface area is 96.5 Å². The van der Waals surface area contributed by atoms with Crippen molar-refractivity contribution < 1.29 is 0 Å². The highest BCUT2D eigenvalue weighted by molar-refractivity contribution is 6.28. The first-order valence-electron chi connectivity index (χ1n) is 5.11. The van der Waals surface area contributed by atoms with E-state index in [0.29, 0.717) is 5.28 Å². The van der Waals surface area contributed by atoms with Gasteiger partial charge in [0.2, 0.25) is 5.28 Å². The van der Waals surface area contributed by atoms with Crippen molar-refractivity contribution in [2.45, 2.75) is 39.7 Å². The van der Waals surface area contributed by atoms with Crippen molar-refractivity contribution >= 4 is 17.4 Å². The zero-order chi connectivity index (χ0) is 11.6. The number of hydrogen-bond donors (Lipinski definition) is 0. The standard InChI is InChI=1S/C11H18ClN3/c1-6-11(3,4)15(5)9-8(2)7-13-10(12)14-9/h7H,6H2,1-5H3. The van der Waals surface area contributed by atoms with Crippen LogP contribution >= 0.6 is 11.6 Å². The number of aryl methyl sites for hydroxylation is 1. The van der Waals surface area contributed by atoms with Crippen LogP contribution in [0.5, 0.6) is 0 Å². The smallest absolute Gasteiger partial charge is 0.224 e. The first-order chi connectivity index (χ1) is 6.88. The van der Waals surface area contributed by atoms with E-state index in [4.69, 9.17) is 11.6 Å². The molecule has 0 saturated carbocycles. The number of rotatable bonds is 3. The van der Waals surface area contributed by atoms with Gasteiger partial charge in [0.05, 0.1) is 0 Å². The van der Waals surface area contributed by atoms with Gasteiger partial charge in [-0.15, -0.1) is 0 Å². The molecule has 84 valence electrons. The zero-order valence-corrected chi connectivity index (χ0v) is 10.8. The second kappa shape index (κ2) is 4.35. The average molecular weight is 228 g/mol. The van der Waals surface area contributed by atoms with Crippen LogP contribution in [0.3, 0.4) is 0 Å². The first kappa shape index (κ1) is 12.2. The molecule has 3 nitrogen and oxygen atoms in total. The van der Waals surface area contributed by atoms with E-state index in [1.165, 1.54) is 0 Å². The van der Waals surface area contributed by atoms with E-state index >= 15 is 0 Å². The molecule has 0 aliphatic heterocycles. The summed E-state index contributed by atoms with van der Waals surface area (Å²) in [6.07, 6.45) is 2.80. The Morgan fingerprint density at radius 1 is 1.47 bits per heavy atom. The molecule has 0 aliphatic rings. The van der Waals surface area contributed by atoms with Gasteiger partial charge in [-0.25, -0.2) is 9.97 Å². The molecule has 0 bridgehead atoms. The maximum absolute atomic E-state index is 5.81. The molecule has 0 fully saturated rings. The molecular weight excluding hydrogens is 210 g/mol. The minimum atomic E-state index is 0.0719. The SMILES string of the molecule is CCC(C)(C)N(C)c1nc(Cl)ncc1C. The maximum Gasteiger partial charge on any atom is 0.224 e. The molecule has 0 unspecified atom stereocenters. The summed E-state index contributed by atoms with van der Waals surface area (Å²) in [5.41, 5.74) is 1.12. The molecule has 1 heterocycles. The summed E-state index contributed by atoms with van der Waals surface area (Å²) in [5.74, 6) is 0.904. The minimum absolute atomic E-state index is 0.0719. The lowest BCUT2D eigenvalue weighted by Gasteiger charge is -2.36. The fraction of sp³-hybridized carbons (Fsp3) is 0.636. The monoisotopic (exact) mass is 227 g/mol. The van der Waals surface area contributed by atoms with Crippen LogP contribution in [-0.4, -0.2) is 22.6 Å². The predicted octanol–water partition coefficient (Wildman–Crippen LogP) is 3.06. The van der Waals surface area contributed by atoms with Crippen LogP contribution in [0.1, 0.15) is 32.8 Å². The van der Waals surface area contributed by atoms with Gasteiger partial charge in [-0.3, -0.25) is 0 Å². The molecule has 0 atom stereocenters. The summed E-state index contributed by atoms with van der Waals surface area (Å²) in [7, 11) is 2.04. The van der Waals surface area contributed by atoms with Crippen molar-refractivity contribution in [1.29, 1.82) is 0 Å². The highest BCUT2D eigenvalue weighted by atomic mass is 35.5. The molecule has 1 aromatic heterocycles. The lowest BCUT2D eigenvalue weighted by molar-refractivity contribution is 0.466. The fourth-order valence-corrected chi connectivity index (χ4v) is 1.40. The van der Waals surface area contributed by atoms with Gasteiger partial charge >= 0.3 is 0 Å². The minimum Gasteiger partial charge on any atom is -0.354 e. The lowest BCUT2D eigenvalue weighted by atomic mass is 10.00. The number of aromatic nitrogens is 2. The van der Waals surface area contributed by atoms with Crippen LogP contribution in [0.25, 0.3) is 0 Å². The van der Waals surface area contributed by atoms with Crippen molar-refractivity contribution in [3.05, 3.63) is 17.0 Å². The van der Waals surface area contributed by atoms with Crippen LogP contribution in [-0.2, 0) is 0 Å². The molecular formula is C11H18ClN3. The number of halogens is 1. The Kier molecular flexibility index (Phi) is 3.55. The van der Waals surface area contributed by atoms with Gasteiger partial charge in [0.1, 0.15) is 5.82 Å². The van der Waals surface area contributed by atoms with Crippen molar-refractivity contribution in [2.24, 2.45) is 0 Å². The Hall–Kier alpha value is -0.830. The van der Waals surface area contributed by atoms with Gasteiger partial charge < -0.3 is 4.90 Å². The fourth-order valence-electron chi connectivity index (χ4n) is 1.28. The van der Waals surface area contributed by atoms with Crippen LogP contribution in [0.2, 0.25) is 5.28 Å². The second-order valence-corrected chi connectivity index (χ2v) is 4.71. The molecule has 0 N–H and O–H groups in total. The molecule has 0 spiro atoms. The Balaban J connectivity index is 3.10. The van der Waals surface area contributed by atoms with Crippen molar-refractivity contribution in [1.82, 2.24) is 9.97 Å². The average Bonchev–Trinajstić information content (AvgIpc) is 2.20. The van der Waals surface area contributed by atoms with Crippen molar-refractivity contribution in [2.75, 3.05) is 11.9 Å². The Bertz CT molecular complexity index is 350. The van der Waals surface area contributed by atoms with Crippen LogP contribution in [0, 0.1) is 6.92 Å². The molecule has 0 aromatic carbocycles. The predicted molar refractivity (Wildman–Crippen MR) is 64.6 cm³/mol. The van der Waals surface area contributed by atoms with Crippen molar-refractivity contribution in [3.8, 4) is 0 Å². The van der Waals surface area contributed by atoms with Gasteiger partial charge in [-0.05, 0) is 38.8 Å². The summed E-state index contributed by atoms with van der Waals surface area (Å²) in [5, 5.41) is 0.300.